The summed E-state index contributed by atoms with van der Waals surface area (Å²) < 4.78 is 1.64. The zero-order valence-electron chi connectivity index (χ0n) is 10.7. The minimum atomic E-state index is -0.921. The number of benzene rings is 1. The number of fused-ring (bicyclic) bond motifs is 1. The number of carboxylic acids is 1. The largest absolute Gasteiger partial charge is 0.478 e. The Morgan fingerprint density at radius 3 is 3.00 bits per heavy atom. The van der Waals surface area contributed by atoms with Crippen LogP contribution in [0.1, 0.15) is 21.6 Å². The topological polar surface area (TPSA) is 58.4 Å². The smallest absolute Gasteiger partial charge is 0.339 e. The Morgan fingerprint density at radius 1 is 1.42 bits per heavy atom. The summed E-state index contributed by atoms with van der Waals surface area (Å²) in [5, 5.41) is 13.2. The van der Waals surface area contributed by atoms with E-state index in [2.05, 4.69) is 22.1 Å². The van der Waals surface area contributed by atoms with Crippen LogP contribution in [0.2, 0.25) is 0 Å². The van der Waals surface area contributed by atoms with Crippen LogP contribution in [0.4, 0.5) is 5.69 Å². The molecule has 5 heteroatoms. The van der Waals surface area contributed by atoms with Gasteiger partial charge in [-0.1, -0.05) is 18.2 Å². The molecule has 2 aromatic rings. The van der Waals surface area contributed by atoms with Gasteiger partial charge in [-0.3, -0.25) is 4.68 Å². The van der Waals surface area contributed by atoms with E-state index < -0.39 is 5.97 Å². The molecule has 1 aromatic carbocycles. The number of carbonyl (C=O) groups is 1. The molecule has 3 rings (SSSR count). The molecule has 1 aliphatic rings. The maximum absolute atomic E-state index is 11.2. The number of carboxylic acid groups (broad SMARTS) is 1. The lowest BCUT2D eigenvalue weighted by molar-refractivity contribution is 0.0695. The van der Waals surface area contributed by atoms with Crippen LogP contribution in [-0.2, 0) is 20.0 Å². The summed E-state index contributed by atoms with van der Waals surface area (Å²) in [7, 11) is 1.78. The Labute approximate surface area is 111 Å². The number of aromatic nitrogens is 2. The third-order valence-electron chi connectivity index (χ3n) is 3.62. The number of nitrogens with zero attached hydrogens (tertiary/aromatic N) is 3. The average Bonchev–Trinajstić information content (AvgIpc) is 2.96. The number of anilines is 1. The van der Waals surface area contributed by atoms with Crippen molar-refractivity contribution in [2.24, 2.45) is 7.05 Å². The maximum Gasteiger partial charge on any atom is 0.339 e. The molecule has 1 aliphatic heterocycles. The average molecular weight is 257 g/mol. The van der Waals surface area contributed by atoms with Gasteiger partial charge in [-0.2, -0.15) is 5.10 Å². The zero-order valence-corrected chi connectivity index (χ0v) is 10.7. The van der Waals surface area contributed by atoms with Crippen molar-refractivity contribution < 1.29 is 9.90 Å². The summed E-state index contributed by atoms with van der Waals surface area (Å²) in [5.41, 5.74) is 3.54. The highest BCUT2D eigenvalue weighted by Crippen LogP contribution is 2.29. The van der Waals surface area contributed by atoms with Gasteiger partial charge in [-0.15, -0.1) is 0 Å². The van der Waals surface area contributed by atoms with Crippen molar-refractivity contribution in [2.45, 2.75) is 13.0 Å². The van der Waals surface area contributed by atoms with Gasteiger partial charge in [0.25, 0.3) is 0 Å². The van der Waals surface area contributed by atoms with Gasteiger partial charge in [-0.25, -0.2) is 4.79 Å². The van der Waals surface area contributed by atoms with Crippen LogP contribution in [0.3, 0.4) is 0 Å². The molecule has 0 fully saturated rings. The van der Waals surface area contributed by atoms with E-state index in [0.29, 0.717) is 6.54 Å². The molecule has 0 radical (unpaired) electrons. The van der Waals surface area contributed by atoms with Crippen LogP contribution < -0.4 is 4.90 Å². The Balaban J connectivity index is 1.91. The molecule has 0 aliphatic carbocycles. The molecule has 98 valence electrons. The van der Waals surface area contributed by atoms with Crippen molar-refractivity contribution >= 4 is 11.7 Å². The first-order chi connectivity index (χ1) is 9.16. The highest BCUT2D eigenvalue weighted by molar-refractivity contribution is 5.88. The molecular weight excluding hydrogens is 242 g/mol. The molecule has 1 aromatic heterocycles. The van der Waals surface area contributed by atoms with E-state index in [4.69, 9.17) is 0 Å². The predicted molar refractivity (Wildman–Crippen MR) is 71.4 cm³/mol. The van der Waals surface area contributed by atoms with E-state index in [1.165, 1.54) is 17.4 Å². The monoisotopic (exact) mass is 257 g/mol. The van der Waals surface area contributed by atoms with E-state index in [9.17, 15) is 9.90 Å². The summed E-state index contributed by atoms with van der Waals surface area (Å²) in [4.78, 5) is 13.4. The number of hydrogen-bond donors (Lipinski definition) is 1. The van der Waals surface area contributed by atoms with Crippen LogP contribution in [0.5, 0.6) is 0 Å². The minimum Gasteiger partial charge on any atom is -0.478 e. The van der Waals surface area contributed by atoms with Gasteiger partial charge >= 0.3 is 5.97 Å². The van der Waals surface area contributed by atoms with E-state index in [0.717, 1.165) is 18.7 Å². The molecule has 2 heterocycles. The van der Waals surface area contributed by atoms with Crippen molar-refractivity contribution in [3.05, 3.63) is 47.3 Å². The van der Waals surface area contributed by atoms with Crippen LogP contribution in [0, 0.1) is 0 Å². The Hall–Kier alpha value is -2.30. The highest BCUT2D eigenvalue weighted by atomic mass is 16.4. The summed E-state index contributed by atoms with van der Waals surface area (Å²) in [6, 6.07) is 8.25. The van der Waals surface area contributed by atoms with Crippen LogP contribution >= 0.6 is 0 Å². The van der Waals surface area contributed by atoms with Crippen LogP contribution in [-0.4, -0.2) is 27.4 Å². The first-order valence-electron chi connectivity index (χ1n) is 6.24. The number of para-hydroxylation sites is 1. The van der Waals surface area contributed by atoms with Crippen LogP contribution in [0.25, 0.3) is 0 Å². The molecule has 1 N–H and O–H groups in total. The van der Waals surface area contributed by atoms with Gasteiger partial charge in [0, 0.05) is 19.3 Å². The van der Waals surface area contributed by atoms with Crippen molar-refractivity contribution in [3.63, 3.8) is 0 Å². The van der Waals surface area contributed by atoms with Crippen molar-refractivity contribution in [1.29, 1.82) is 0 Å². The zero-order chi connectivity index (χ0) is 13.4. The standard InChI is InChI=1S/C14H15N3O2/c1-16-13(11(8-15-16)14(18)19)9-17-7-6-10-4-2-3-5-12(10)17/h2-5,8H,6-7,9H2,1H3,(H,18,19). The van der Waals surface area contributed by atoms with E-state index >= 15 is 0 Å². The minimum absolute atomic E-state index is 0.284. The maximum atomic E-state index is 11.2. The first kappa shape index (κ1) is 11.8. The molecule has 0 spiro atoms. The lowest BCUT2D eigenvalue weighted by Crippen LogP contribution is -2.23. The summed E-state index contributed by atoms with van der Waals surface area (Å²) in [6.07, 6.45) is 2.43. The Kier molecular flexibility index (Phi) is 2.74. The van der Waals surface area contributed by atoms with Gasteiger partial charge in [-0.05, 0) is 18.1 Å². The SMILES string of the molecule is Cn1ncc(C(=O)O)c1CN1CCc2ccccc21. The van der Waals surface area contributed by atoms with Gasteiger partial charge in [0.15, 0.2) is 0 Å². The predicted octanol–water partition coefficient (Wildman–Crippen LogP) is 1.68. The highest BCUT2D eigenvalue weighted by Gasteiger charge is 2.22. The molecule has 0 bridgehead atoms. The van der Waals surface area contributed by atoms with Crippen molar-refractivity contribution in [2.75, 3.05) is 11.4 Å². The van der Waals surface area contributed by atoms with Gasteiger partial charge in [0.05, 0.1) is 18.4 Å². The molecule has 0 saturated carbocycles. The number of rotatable bonds is 3. The normalized spacial score (nSPS) is 13.6. The van der Waals surface area contributed by atoms with Gasteiger partial charge in [0.1, 0.15) is 5.56 Å². The third kappa shape index (κ3) is 1.97. The Bertz CT molecular complexity index is 633. The first-order valence-corrected chi connectivity index (χ1v) is 6.24. The fourth-order valence-electron chi connectivity index (χ4n) is 2.58. The molecule has 0 amide bonds. The van der Waals surface area contributed by atoms with Crippen molar-refractivity contribution in [3.8, 4) is 0 Å². The summed E-state index contributed by atoms with van der Waals surface area (Å²) >= 11 is 0. The quantitative estimate of drug-likeness (QED) is 0.909. The van der Waals surface area contributed by atoms with E-state index in [1.54, 1.807) is 11.7 Å². The molecular formula is C14H15N3O2. The lowest BCUT2D eigenvalue weighted by Gasteiger charge is -2.19. The van der Waals surface area contributed by atoms with Gasteiger partial charge < -0.3 is 10.0 Å². The molecule has 5 nitrogen and oxygen atoms in total. The number of aryl methyl sites for hydroxylation is 1. The van der Waals surface area contributed by atoms with Gasteiger partial charge in [0.2, 0.25) is 0 Å². The fourth-order valence-corrected chi connectivity index (χ4v) is 2.58. The number of aromatic carboxylic acids is 1. The summed E-state index contributed by atoms with van der Waals surface area (Å²) in [5.74, 6) is -0.921. The van der Waals surface area contributed by atoms with Crippen molar-refractivity contribution in [1.82, 2.24) is 9.78 Å². The molecule has 0 saturated heterocycles. The second kappa shape index (κ2) is 4.42. The second-order valence-electron chi connectivity index (χ2n) is 4.73. The number of hydrogen-bond acceptors (Lipinski definition) is 3. The Morgan fingerprint density at radius 2 is 2.21 bits per heavy atom. The lowest BCUT2D eigenvalue weighted by atomic mass is 10.2. The van der Waals surface area contributed by atoms with Crippen LogP contribution in [0.15, 0.2) is 30.5 Å². The fraction of sp³-hybridized carbons (Fsp3) is 0.286. The molecule has 0 atom stereocenters. The second-order valence-corrected chi connectivity index (χ2v) is 4.73. The summed E-state index contributed by atoms with van der Waals surface area (Å²) in [6.45, 7) is 1.50. The molecule has 19 heavy (non-hydrogen) atoms. The molecule has 0 unspecified atom stereocenters. The third-order valence-corrected chi connectivity index (χ3v) is 3.62. The van der Waals surface area contributed by atoms with E-state index in [-0.39, 0.29) is 5.56 Å². The van der Waals surface area contributed by atoms with E-state index in [1.807, 2.05) is 12.1 Å².